The maximum atomic E-state index is 12.8. The minimum absolute atomic E-state index is 0.114. The lowest BCUT2D eigenvalue weighted by molar-refractivity contribution is 0.142. The molecule has 25 heavy (non-hydrogen) atoms. The van der Waals surface area contributed by atoms with Crippen LogP contribution in [-0.4, -0.2) is 31.3 Å². The first-order chi connectivity index (χ1) is 12.2. The zero-order valence-electron chi connectivity index (χ0n) is 13.6. The molecule has 2 amide bonds. The molecular formula is C18H18ClN5O. The molecule has 0 radical (unpaired) electrons. The molecule has 0 bridgehead atoms. The Labute approximate surface area is 150 Å². The summed E-state index contributed by atoms with van der Waals surface area (Å²) in [5.74, 6) is 0.643. The van der Waals surface area contributed by atoms with Gasteiger partial charge >= 0.3 is 6.03 Å². The number of rotatable bonds is 4. The number of amides is 2. The van der Waals surface area contributed by atoms with E-state index in [9.17, 15) is 4.79 Å². The molecule has 0 aliphatic heterocycles. The first kappa shape index (κ1) is 15.9. The number of hydrogen-bond donors (Lipinski definition) is 1. The van der Waals surface area contributed by atoms with Gasteiger partial charge in [0.2, 0.25) is 5.78 Å². The number of nitrogens with one attached hydrogen (secondary N) is 1. The van der Waals surface area contributed by atoms with E-state index in [0.29, 0.717) is 17.3 Å². The van der Waals surface area contributed by atoms with Gasteiger partial charge in [0.25, 0.3) is 0 Å². The van der Waals surface area contributed by atoms with Crippen LogP contribution in [-0.2, 0) is 6.54 Å². The Morgan fingerprint density at radius 2 is 2.04 bits per heavy atom. The van der Waals surface area contributed by atoms with Crippen molar-refractivity contribution in [3.05, 3.63) is 59.6 Å². The van der Waals surface area contributed by atoms with Crippen molar-refractivity contribution in [1.29, 1.82) is 0 Å². The molecule has 0 saturated heterocycles. The minimum atomic E-state index is -0.114. The normalized spacial score (nSPS) is 14.3. The van der Waals surface area contributed by atoms with Crippen LogP contribution in [0.1, 0.15) is 25.0 Å². The first-order valence-electron chi connectivity index (χ1n) is 8.31. The average Bonchev–Trinajstić information content (AvgIpc) is 3.02. The Balaban J connectivity index is 1.52. The molecule has 0 spiro atoms. The van der Waals surface area contributed by atoms with Crippen LogP contribution < -0.4 is 5.32 Å². The summed E-state index contributed by atoms with van der Waals surface area (Å²) < 4.78 is 1.85. The van der Waals surface area contributed by atoms with Gasteiger partial charge in [-0.3, -0.25) is 4.40 Å². The fraction of sp³-hybridized carbons (Fsp3) is 0.278. The summed E-state index contributed by atoms with van der Waals surface area (Å²) in [7, 11) is 0. The van der Waals surface area contributed by atoms with Gasteiger partial charge in [-0.1, -0.05) is 11.6 Å². The molecule has 1 N–H and O–H groups in total. The van der Waals surface area contributed by atoms with Crippen molar-refractivity contribution in [2.45, 2.75) is 31.8 Å². The SMILES string of the molecule is O=C(Nc1ccc(Cl)cc1)N(Cc1ccn2ccnc2n1)C1CCC1. The van der Waals surface area contributed by atoms with Gasteiger partial charge in [-0.2, -0.15) is 0 Å². The van der Waals surface area contributed by atoms with E-state index in [1.54, 1.807) is 30.5 Å². The largest absolute Gasteiger partial charge is 0.322 e. The van der Waals surface area contributed by atoms with Crippen molar-refractivity contribution in [1.82, 2.24) is 19.3 Å². The molecule has 1 aromatic carbocycles. The molecule has 128 valence electrons. The summed E-state index contributed by atoms with van der Waals surface area (Å²) in [6.07, 6.45) is 8.69. The van der Waals surface area contributed by atoms with Crippen LogP contribution in [0.4, 0.5) is 10.5 Å². The van der Waals surface area contributed by atoms with Gasteiger partial charge in [0.1, 0.15) is 0 Å². The second kappa shape index (κ2) is 6.72. The molecule has 4 rings (SSSR count). The van der Waals surface area contributed by atoms with E-state index in [2.05, 4.69) is 15.3 Å². The molecule has 0 atom stereocenters. The number of halogens is 1. The van der Waals surface area contributed by atoms with E-state index in [0.717, 1.165) is 30.6 Å². The monoisotopic (exact) mass is 355 g/mol. The lowest BCUT2D eigenvalue weighted by Crippen LogP contribution is -2.45. The maximum Gasteiger partial charge on any atom is 0.322 e. The lowest BCUT2D eigenvalue weighted by atomic mass is 9.91. The number of hydrogen-bond acceptors (Lipinski definition) is 3. The van der Waals surface area contributed by atoms with E-state index in [1.165, 1.54) is 0 Å². The van der Waals surface area contributed by atoms with E-state index >= 15 is 0 Å². The second-order valence-electron chi connectivity index (χ2n) is 6.20. The van der Waals surface area contributed by atoms with E-state index in [4.69, 9.17) is 11.6 Å². The molecule has 1 fully saturated rings. The minimum Gasteiger partial charge on any atom is -0.316 e. The second-order valence-corrected chi connectivity index (χ2v) is 6.64. The highest BCUT2D eigenvalue weighted by molar-refractivity contribution is 6.30. The number of benzene rings is 1. The quantitative estimate of drug-likeness (QED) is 0.770. The lowest BCUT2D eigenvalue weighted by Gasteiger charge is -2.37. The van der Waals surface area contributed by atoms with Crippen LogP contribution in [0.3, 0.4) is 0 Å². The molecule has 2 heterocycles. The Kier molecular flexibility index (Phi) is 4.28. The van der Waals surface area contributed by atoms with Crippen molar-refractivity contribution >= 4 is 29.1 Å². The zero-order chi connectivity index (χ0) is 17.2. The molecule has 1 aliphatic rings. The molecule has 1 aliphatic carbocycles. The third-order valence-electron chi connectivity index (χ3n) is 4.52. The fourth-order valence-electron chi connectivity index (χ4n) is 2.90. The van der Waals surface area contributed by atoms with Gasteiger partial charge in [0, 0.05) is 35.3 Å². The van der Waals surface area contributed by atoms with Gasteiger partial charge < -0.3 is 10.2 Å². The third kappa shape index (κ3) is 3.44. The van der Waals surface area contributed by atoms with E-state index in [-0.39, 0.29) is 12.1 Å². The number of carbonyl (C=O) groups excluding carboxylic acids is 1. The number of anilines is 1. The molecule has 0 unspecified atom stereocenters. The zero-order valence-corrected chi connectivity index (χ0v) is 14.4. The molecule has 1 saturated carbocycles. The Hall–Kier alpha value is -2.60. The smallest absolute Gasteiger partial charge is 0.316 e. The molecule has 7 heteroatoms. The number of aromatic nitrogens is 3. The van der Waals surface area contributed by atoms with Crippen molar-refractivity contribution in [3.8, 4) is 0 Å². The first-order valence-corrected chi connectivity index (χ1v) is 8.68. The summed E-state index contributed by atoms with van der Waals surface area (Å²) in [4.78, 5) is 23.4. The van der Waals surface area contributed by atoms with Crippen LogP contribution in [0.2, 0.25) is 5.02 Å². The Bertz CT molecular complexity index is 888. The van der Waals surface area contributed by atoms with Crippen LogP contribution >= 0.6 is 11.6 Å². The van der Waals surface area contributed by atoms with Crippen LogP contribution in [0, 0.1) is 0 Å². The third-order valence-corrected chi connectivity index (χ3v) is 4.78. The Morgan fingerprint density at radius 1 is 1.24 bits per heavy atom. The van der Waals surface area contributed by atoms with Gasteiger partial charge in [0.05, 0.1) is 12.2 Å². The van der Waals surface area contributed by atoms with Gasteiger partial charge in [-0.05, 0) is 49.6 Å². The average molecular weight is 356 g/mol. The highest BCUT2D eigenvalue weighted by Gasteiger charge is 2.29. The number of nitrogens with zero attached hydrogens (tertiary/aromatic N) is 4. The summed E-state index contributed by atoms with van der Waals surface area (Å²) in [5, 5.41) is 3.59. The highest BCUT2D eigenvalue weighted by atomic mass is 35.5. The molecular weight excluding hydrogens is 338 g/mol. The van der Waals surface area contributed by atoms with Crippen LogP contribution in [0.15, 0.2) is 48.9 Å². The van der Waals surface area contributed by atoms with Crippen molar-refractivity contribution in [2.75, 3.05) is 5.32 Å². The summed E-state index contributed by atoms with van der Waals surface area (Å²) in [5.41, 5.74) is 1.56. The van der Waals surface area contributed by atoms with Gasteiger partial charge in [-0.25, -0.2) is 14.8 Å². The van der Waals surface area contributed by atoms with E-state index in [1.807, 2.05) is 27.8 Å². The molecule has 6 nitrogen and oxygen atoms in total. The highest BCUT2D eigenvalue weighted by Crippen LogP contribution is 2.27. The Morgan fingerprint density at radius 3 is 2.76 bits per heavy atom. The summed E-state index contributed by atoms with van der Waals surface area (Å²) in [6.45, 7) is 0.466. The topological polar surface area (TPSA) is 62.5 Å². The predicted octanol–water partition coefficient (Wildman–Crippen LogP) is 3.97. The molecule has 3 aromatic rings. The number of fused-ring (bicyclic) bond motifs is 1. The van der Waals surface area contributed by atoms with Crippen molar-refractivity contribution in [3.63, 3.8) is 0 Å². The van der Waals surface area contributed by atoms with E-state index < -0.39 is 0 Å². The van der Waals surface area contributed by atoms with Gasteiger partial charge in [0.15, 0.2) is 0 Å². The molecule has 2 aromatic heterocycles. The number of urea groups is 1. The standard InChI is InChI=1S/C18H18ClN5O/c19-13-4-6-14(7-5-13)22-18(25)24(16-2-1-3-16)12-15-8-10-23-11-9-20-17(23)21-15/h4-11,16H,1-3,12H2,(H,22,25). The van der Waals surface area contributed by atoms with Crippen molar-refractivity contribution in [2.24, 2.45) is 0 Å². The predicted molar refractivity (Wildman–Crippen MR) is 96.6 cm³/mol. The number of imidazole rings is 1. The summed E-state index contributed by atoms with van der Waals surface area (Å²) in [6, 6.07) is 9.19. The number of carbonyl (C=O) groups is 1. The van der Waals surface area contributed by atoms with Gasteiger partial charge in [-0.15, -0.1) is 0 Å². The fourth-order valence-corrected chi connectivity index (χ4v) is 3.02. The summed E-state index contributed by atoms with van der Waals surface area (Å²) >= 11 is 5.90. The van der Waals surface area contributed by atoms with Crippen LogP contribution in [0.25, 0.3) is 5.78 Å². The maximum absolute atomic E-state index is 12.8. The van der Waals surface area contributed by atoms with Crippen LogP contribution in [0.5, 0.6) is 0 Å². The van der Waals surface area contributed by atoms with Crippen molar-refractivity contribution < 1.29 is 4.79 Å².